The van der Waals surface area contributed by atoms with E-state index in [2.05, 4.69) is 35.3 Å². The molecule has 62 valence electrons. The Hall–Kier alpha value is -1.41. The third kappa shape index (κ3) is 0.955. The van der Waals surface area contributed by atoms with Crippen molar-refractivity contribution in [3.05, 3.63) is 42.6 Å². The van der Waals surface area contributed by atoms with Crippen molar-refractivity contribution in [2.75, 3.05) is 0 Å². The number of fused-ring (bicyclic) bond motifs is 3. The van der Waals surface area contributed by atoms with Crippen LogP contribution in [0.5, 0.6) is 0 Å². The molecule has 0 fully saturated rings. The molecule has 2 aromatic rings. The van der Waals surface area contributed by atoms with Gasteiger partial charge in [-0.15, -0.1) is 0 Å². The highest BCUT2D eigenvalue weighted by Crippen LogP contribution is 2.17. The zero-order chi connectivity index (χ0) is 8.67. The molecule has 0 N–H and O–H groups in total. The lowest BCUT2D eigenvalue weighted by Gasteiger charge is -1.97. The van der Waals surface area contributed by atoms with Gasteiger partial charge in [0.05, 0.1) is 0 Å². The lowest BCUT2D eigenvalue weighted by molar-refractivity contribution is 1.39. The van der Waals surface area contributed by atoms with Crippen molar-refractivity contribution in [3.8, 4) is 11.1 Å². The summed E-state index contributed by atoms with van der Waals surface area (Å²) in [6.07, 6.45) is 1.90. The average molecular weight is 183 g/mol. The Bertz CT molecular complexity index is 422. The first-order chi connectivity index (χ1) is 6.45. The lowest BCUT2D eigenvalue weighted by atomic mass is 10.1. The number of pyridine rings is 1. The van der Waals surface area contributed by atoms with Crippen LogP contribution in [0.2, 0.25) is 0 Å². The molecule has 0 atom stereocenters. The van der Waals surface area contributed by atoms with E-state index in [0.717, 1.165) is 0 Å². The van der Waals surface area contributed by atoms with E-state index in [1.807, 2.05) is 12.3 Å². The number of hydrogen-bond acceptors (Lipinski definition) is 1. The fourth-order valence-corrected chi connectivity index (χ4v) is 3.75. The van der Waals surface area contributed by atoms with Gasteiger partial charge in [0.2, 0.25) is 0 Å². The molecule has 0 radical (unpaired) electrons. The smallest absolute Gasteiger partial charge is 0.112 e. The van der Waals surface area contributed by atoms with Crippen LogP contribution >= 0.6 is 0 Å². The molecular weight excluding hydrogens is 174 g/mol. The van der Waals surface area contributed by atoms with Crippen LogP contribution in [-0.4, -0.2) is 14.5 Å². The summed E-state index contributed by atoms with van der Waals surface area (Å²) in [5, 5.41) is 2.89. The van der Waals surface area contributed by atoms with Gasteiger partial charge in [0.25, 0.3) is 0 Å². The summed E-state index contributed by atoms with van der Waals surface area (Å²) in [6, 6.07) is 12.9. The van der Waals surface area contributed by atoms with E-state index in [9.17, 15) is 0 Å². The topological polar surface area (TPSA) is 12.9 Å². The SMILES string of the molecule is c1ccc2c(c1)[SiH2]c1ncccc1-2. The second kappa shape index (κ2) is 2.54. The second-order valence-electron chi connectivity index (χ2n) is 3.33. The molecule has 0 bridgehead atoms. The standard InChI is InChI=1S/C11H9NSi/c1-2-6-10-8(4-1)9-5-3-7-12-11(9)13-10/h1-7H,13H2. The maximum absolute atomic E-state index is 4.44. The number of benzene rings is 1. The first-order valence-corrected chi connectivity index (χ1v) is 5.89. The zero-order valence-electron chi connectivity index (χ0n) is 7.20. The van der Waals surface area contributed by atoms with Crippen LogP contribution < -0.4 is 10.5 Å². The summed E-state index contributed by atoms with van der Waals surface area (Å²) < 4.78 is 0. The maximum atomic E-state index is 4.44. The molecule has 1 aromatic carbocycles. The number of aromatic nitrogens is 1. The third-order valence-corrected chi connectivity index (χ3v) is 4.45. The van der Waals surface area contributed by atoms with Crippen molar-refractivity contribution in [1.82, 2.24) is 4.98 Å². The minimum absolute atomic E-state index is 0.271. The Morgan fingerprint density at radius 2 is 1.77 bits per heavy atom. The minimum Gasteiger partial charge on any atom is -0.266 e. The molecule has 2 heterocycles. The van der Waals surface area contributed by atoms with Gasteiger partial charge in [0.1, 0.15) is 9.52 Å². The molecule has 13 heavy (non-hydrogen) atoms. The Kier molecular flexibility index (Phi) is 1.37. The summed E-state index contributed by atoms with van der Waals surface area (Å²) in [5.74, 6) is 0. The van der Waals surface area contributed by atoms with Crippen molar-refractivity contribution in [2.45, 2.75) is 0 Å². The summed E-state index contributed by atoms with van der Waals surface area (Å²) in [5.41, 5.74) is 2.78. The molecule has 3 rings (SSSR count). The van der Waals surface area contributed by atoms with Gasteiger partial charge in [-0.2, -0.15) is 0 Å². The van der Waals surface area contributed by atoms with Gasteiger partial charge in [-0.3, -0.25) is 4.98 Å². The van der Waals surface area contributed by atoms with Crippen molar-refractivity contribution in [1.29, 1.82) is 0 Å². The summed E-state index contributed by atoms with van der Waals surface area (Å²) in [7, 11) is -0.271. The van der Waals surface area contributed by atoms with E-state index in [4.69, 9.17) is 0 Å². The summed E-state index contributed by atoms with van der Waals surface area (Å²) >= 11 is 0. The molecule has 2 heteroatoms. The minimum atomic E-state index is -0.271. The number of rotatable bonds is 0. The Morgan fingerprint density at radius 1 is 0.923 bits per heavy atom. The van der Waals surface area contributed by atoms with Crippen molar-refractivity contribution >= 4 is 20.0 Å². The van der Waals surface area contributed by atoms with Gasteiger partial charge in [-0.1, -0.05) is 35.5 Å². The highest BCUT2D eigenvalue weighted by atomic mass is 28.2. The first kappa shape index (κ1) is 7.03. The molecule has 0 spiro atoms. The lowest BCUT2D eigenvalue weighted by Crippen LogP contribution is -2.22. The van der Waals surface area contributed by atoms with E-state index in [1.54, 1.807) is 0 Å². The molecule has 0 saturated carbocycles. The van der Waals surface area contributed by atoms with E-state index in [0.29, 0.717) is 0 Å². The van der Waals surface area contributed by atoms with Crippen molar-refractivity contribution in [2.24, 2.45) is 0 Å². The quantitative estimate of drug-likeness (QED) is 0.453. The molecule has 1 aliphatic rings. The normalized spacial score (nSPS) is 14.2. The summed E-state index contributed by atoms with van der Waals surface area (Å²) in [6.45, 7) is 0. The zero-order valence-corrected chi connectivity index (χ0v) is 8.61. The third-order valence-electron chi connectivity index (χ3n) is 2.56. The number of hydrogen-bond donors (Lipinski definition) is 0. The van der Waals surface area contributed by atoms with Crippen molar-refractivity contribution < 1.29 is 0 Å². The monoisotopic (exact) mass is 183 g/mol. The van der Waals surface area contributed by atoms with Crippen LogP contribution in [0.3, 0.4) is 0 Å². The molecule has 1 aromatic heterocycles. The molecule has 0 aliphatic carbocycles. The highest BCUT2D eigenvalue weighted by molar-refractivity contribution is 6.72. The molecule has 0 unspecified atom stereocenters. The van der Waals surface area contributed by atoms with Crippen LogP contribution in [0.4, 0.5) is 0 Å². The van der Waals surface area contributed by atoms with Crippen LogP contribution in [0.15, 0.2) is 42.6 Å². The fraction of sp³-hybridized carbons (Fsp3) is 0. The van der Waals surface area contributed by atoms with Gasteiger partial charge in [-0.05, 0) is 17.2 Å². The average Bonchev–Trinajstić information content (AvgIpc) is 2.56. The fourth-order valence-electron chi connectivity index (χ4n) is 1.94. The highest BCUT2D eigenvalue weighted by Gasteiger charge is 2.17. The van der Waals surface area contributed by atoms with Crippen LogP contribution in [0.1, 0.15) is 0 Å². The predicted molar refractivity (Wildman–Crippen MR) is 57.5 cm³/mol. The van der Waals surface area contributed by atoms with Crippen LogP contribution in [0.25, 0.3) is 11.1 Å². The van der Waals surface area contributed by atoms with E-state index in [-0.39, 0.29) is 9.52 Å². The molecule has 0 amide bonds. The van der Waals surface area contributed by atoms with Gasteiger partial charge in [0.15, 0.2) is 0 Å². The first-order valence-electron chi connectivity index (χ1n) is 4.47. The van der Waals surface area contributed by atoms with Crippen LogP contribution in [-0.2, 0) is 0 Å². The Labute approximate surface area is 79.3 Å². The largest absolute Gasteiger partial charge is 0.266 e. The molecular formula is C11H9NSi. The molecule has 1 aliphatic heterocycles. The maximum Gasteiger partial charge on any atom is 0.112 e. The van der Waals surface area contributed by atoms with Gasteiger partial charge < -0.3 is 0 Å². The Morgan fingerprint density at radius 3 is 2.77 bits per heavy atom. The second-order valence-corrected chi connectivity index (χ2v) is 5.12. The summed E-state index contributed by atoms with van der Waals surface area (Å²) in [4.78, 5) is 4.44. The Balaban J connectivity index is 2.32. The van der Waals surface area contributed by atoms with Gasteiger partial charge in [0, 0.05) is 11.5 Å². The van der Waals surface area contributed by atoms with E-state index in [1.165, 1.54) is 21.6 Å². The predicted octanol–water partition coefficient (Wildman–Crippen LogP) is 0.182. The van der Waals surface area contributed by atoms with Gasteiger partial charge in [-0.25, -0.2) is 0 Å². The number of nitrogens with zero attached hydrogens (tertiary/aromatic N) is 1. The molecule has 1 nitrogen and oxygen atoms in total. The van der Waals surface area contributed by atoms with Crippen LogP contribution in [0, 0.1) is 0 Å². The van der Waals surface area contributed by atoms with Gasteiger partial charge >= 0.3 is 0 Å². The van der Waals surface area contributed by atoms with E-state index < -0.39 is 0 Å². The molecule has 0 saturated heterocycles. The van der Waals surface area contributed by atoms with Crippen molar-refractivity contribution in [3.63, 3.8) is 0 Å². The van der Waals surface area contributed by atoms with E-state index >= 15 is 0 Å².